The molecule has 0 saturated carbocycles. The Morgan fingerprint density at radius 3 is 2.88 bits per heavy atom. The third kappa shape index (κ3) is 4.47. The van der Waals surface area contributed by atoms with Gasteiger partial charge in [-0.2, -0.15) is 0 Å². The van der Waals surface area contributed by atoms with Gasteiger partial charge in [0.2, 0.25) is 0 Å². The first-order chi connectivity index (χ1) is 8.19. The van der Waals surface area contributed by atoms with Gasteiger partial charge in [-0.1, -0.05) is 13.3 Å². The first-order valence-corrected chi connectivity index (χ1v) is 6.59. The molecule has 5 nitrogen and oxygen atoms in total. The van der Waals surface area contributed by atoms with Crippen LogP contribution in [0.25, 0.3) is 0 Å². The number of nitrogens with one attached hydrogen (secondary N) is 1. The third-order valence-corrected chi connectivity index (χ3v) is 3.39. The van der Waals surface area contributed by atoms with Crippen LogP contribution in [0.1, 0.15) is 26.2 Å². The summed E-state index contributed by atoms with van der Waals surface area (Å²) in [4.78, 5) is 8.00. The Morgan fingerprint density at radius 1 is 1.47 bits per heavy atom. The molecule has 0 aliphatic carbocycles. The lowest BCUT2D eigenvalue weighted by Crippen LogP contribution is -2.17. The minimum absolute atomic E-state index is 0.222. The highest BCUT2D eigenvalue weighted by Gasteiger charge is 2.10. The van der Waals surface area contributed by atoms with Crippen molar-refractivity contribution in [1.82, 2.24) is 9.97 Å². The van der Waals surface area contributed by atoms with Crippen LogP contribution in [0.3, 0.4) is 0 Å². The van der Waals surface area contributed by atoms with Crippen molar-refractivity contribution in [2.75, 3.05) is 24.2 Å². The minimum atomic E-state index is 0.222. The second-order valence-electron chi connectivity index (χ2n) is 3.97. The lowest BCUT2D eigenvalue weighted by atomic mass is 10.0. The van der Waals surface area contributed by atoms with Crippen LogP contribution in [0.4, 0.5) is 11.6 Å². The Labute approximate surface area is 110 Å². The summed E-state index contributed by atoms with van der Waals surface area (Å²) in [7, 11) is 0. The molecule has 0 fully saturated rings. The second kappa shape index (κ2) is 7.45. The first-order valence-electron chi connectivity index (χ1n) is 5.79. The molecule has 0 spiro atoms. The van der Waals surface area contributed by atoms with Crippen LogP contribution < -0.4 is 11.1 Å². The van der Waals surface area contributed by atoms with Crippen molar-refractivity contribution in [3.63, 3.8) is 0 Å². The van der Waals surface area contributed by atoms with Gasteiger partial charge in [0.15, 0.2) is 0 Å². The Balaban J connectivity index is 2.55. The first kappa shape index (κ1) is 14.2. The number of rotatable bonds is 7. The Morgan fingerprint density at radius 2 is 2.24 bits per heavy atom. The van der Waals surface area contributed by atoms with Gasteiger partial charge in [0.25, 0.3) is 0 Å². The van der Waals surface area contributed by atoms with Crippen LogP contribution in [0, 0.1) is 5.92 Å². The van der Waals surface area contributed by atoms with E-state index in [1.165, 1.54) is 6.33 Å². The number of nitrogens with zero attached hydrogens (tertiary/aromatic N) is 2. The molecule has 1 heterocycles. The summed E-state index contributed by atoms with van der Waals surface area (Å²) in [6.45, 7) is 3.14. The predicted molar refractivity (Wildman–Crippen MR) is 72.7 cm³/mol. The molecular formula is C11H19BrN4O. The lowest BCUT2D eigenvalue weighted by molar-refractivity contribution is 0.255. The molecule has 1 atom stereocenters. The molecule has 0 amide bonds. The van der Waals surface area contributed by atoms with Crippen LogP contribution in [-0.2, 0) is 0 Å². The fourth-order valence-corrected chi connectivity index (χ4v) is 2.03. The number of hydrogen-bond donors (Lipinski definition) is 3. The van der Waals surface area contributed by atoms with E-state index in [9.17, 15) is 0 Å². The zero-order chi connectivity index (χ0) is 12.7. The highest BCUT2D eigenvalue weighted by atomic mass is 79.9. The van der Waals surface area contributed by atoms with E-state index in [4.69, 9.17) is 10.8 Å². The molecule has 1 rings (SSSR count). The minimum Gasteiger partial charge on any atom is -0.396 e. The van der Waals surface area contributed by atoms with E-state index in [-0.39, 0.29) is 6.61 Å². The van der Waals surface area contributed by atoms with Crippen LogP contribution >= 0.6 is 15.9 Å². The number of halogens is 1. The van der Waals surface area contributed by atoms with Crippen LogP contribution in [0.5, 0.6) is 0 Å². The topological polar surface area (TPSA) is 84.1 Å². The van der Waals surface area contributed by atoms with Gasteiger partial charge in [-0.15, -0.1) is 0 Å². The highest BCUT2D eigenvalue weighted by Crippen LogP contribution is 2.24. The van der Waals surface area contributed by atoms with Gasteiger partial charge < -0.3 is 16.2 Å². The Kier molecular flexibility index (Phi) is 6.21. The van der Waals surface area contributed by atoms with Crippen LogP contribution in [0.15, 0.2) is 10.8 Å². The summed E-state index contributed by atoms with van der Waals surface area (Å²) in [6, 6.07) is 0. The summed E-state index contributed by atoms with van der Waals surface area (Å²) in [5, 5.41) is 12.2. The van der Waals surface area contributed by atoms with E-state index >= 15 is 0 Å². The molecule has 0 saturated heterocycles. The van der Waals surface area contributed by atoms with Gasteiger partial charge >= 0.3 is 0 Å². The molecule has 0 radical (unpaired) electrons. The van der Waals surface area contributed by atoms with Crippen molar-refractivity contribution in [3.05, 3.63) is 10.8 Å². The largest absolute Gasteiger partial charge is 0.396 e. The molecule has 1 aromatic rings. The smallest absolute Gasteiger partial charge is 0.145 e. The van der Waals surface area contributed by atoms with Crippen molar-refractivity contribution in [2.45, 2.75) is 26.2 Å². The highest BCUT2D eigenvalue weighted by molar-refractivity contribution is 9.10. The molecule has 0 aromatic carbocycles. The monoisotopic (exact) mass is 302 g/mol. The zero-order valence-corrected chi connectivity index (χ0v) is 11.6. The van der Waals surface area contributed by atoms with Gasteiger partial charge in [-0.05, 0) is 34.7 Å². The van der Waals surface area contributed by atoms with Gasteiger partial charge in [0.05, 0.1) is 0 Å². The lowest BCUT2D eigenvalue weighted by Gasteiger charge is -2.16. The molecule has 4 N–H and O–H groups in total. The quantitative estimate of drug-likeness (QED) is 0.718. The van der Waals surface area contributed by atoms with Crippen LogP contribution in [-0.4, -0.2) is 28.2 Å². The molecule has 0 aliphatic heterocycles. The third-order valence-electron chi connectivity index (χ3n) is 2.61. The summed E-state index contributed by atoms with van der Waals surface area (Å²) >= 11 is 3.35. The normalized spacial score (nSPS) is 12.4. The maximum absolute atomic E-state index is 8.98. The zero-order valence-electron chi connectivity index (χ0n) is 9.99. The van der Waals surface area contributed by atoms with Crippen molar-refractivity contribution in [2.24, 2.45) is 5.92 Å². The molecule has 0 aliphatic rings. The van der Waals surface area contributed by atoms with Crippen molar-refractivity contribution < 1.29 is 5.11 Å². The van der Waals surface area contributed by atoms with Gasteiger partial charge in [0.1, 0.15) is 22.4 Å². The summed E-state index contributed by atoms with van der Waals surface area (Å²) in [5.74, 6) is 1.58. The van der Waals surface area contributed by atoms with E-state index in [1.807, 2.05) is 0 Å². The SMILES string of the molecule is CCCC(CCO)CNc1ncnc(N)c1Br. The van der Waals surface area contributed by atoms with Crippen molar-refractivity contribution in [1.29, 1.82) is 0 Å². The number of aliphatic hydroxyl groups is 1. The van der Waals surface area contributed by atoms with E-state index < -0.39 is 0 Å². The maximum Gasteiger partial charge on any atom is 0.145 e. The standard InChI is InChI=1S/C11H19BrN4O/c1-2-3-8(4-5-17)6-14-11-9(12)10(13)15-7-16-11/h7-8,17H,2-6H2,1H3,(H3,13,14,15,16). The average molecular weight is 303 g/mol. The van der Waals surface area contributed by atoms with Crippen molar-refractivity contribution in [3.8, 4) is 0 Å². The van der Waals surface area contributed by atoms with E-state index in [0.29, 0.717) is 22.0 Å². The second-order valence-corrected chi connectivity index (χ2v) is 4.76. The molecule has 96 valence electrons. The average Bonchev–Trinajstić information content (AvgIpc) is 2.31. The summed E-state index contributed by atoms with van der Waals surface area (Å²) < 4.78 is 0.694. The Hall–Kier alpha value is -0.880. The fraction of sp³-hybridized carbons (Fsp3) is 0.636. The van der Waals surface area contributed by atoms with E-state index in [0.717, 1.165) is 25.8 Å². The molecule has 1 unspecified atom stereocenters. The number of aromatic nitrogens is 2. The number of aliphatic hydroxyl groups excluding tert-OH is 1. The van der Waals surface area contributed by atoms with Gasteiger partial charge in [-0.3, -0.25) is 0 Å². The summed E-state index contributed by atoms with van der Waals surface area (Å²) in [6.07, 6.45) is 4.44. The number of nitrogens with two attached hydrogens (primary N) is 1. The number of hydrogen-bond acceptors (Lipinski definition) is 5. The molecular weight excluding hydrogens is 284 g/mol. The number of nitrogen functional groups attached to an aromatic ring is 1. The molecule has 6 heteroatoms. The molecule has 17 heavy (non-hydrogen) atoms. The summed E-state index contributed by atoms with van der Waals surface area (Å²) in [5.41, 5.74) is 5.67. The molecule has 0 bridgehead atoms. The van der Waals surface area contributed by atoms with E-state index in [2.05, 4.69) is 38.1 Å². The van der Waals surface area contributed by atoms with Gasteiger partial charge in [0, 0.05) is 13.2 Å². The molecule has 1 aromatic heterocycles. The fourth-order valence-electron chi connectivity index (χ4n) is 1.69. The predicted octanol–water partition coefficient (Wildman–Crippen LogP) is 2.03. The Bertz CT molecular complexity index is 342. The number of anilines is 2. The van der Waals surface area contributed by atoms with Gasteiger partial charge in [-0.25, -0.2) is 9.97 Å². The maximum atomic E-state index is 8.98. The van der Waals surface area contributed by atoms with E-state index in [1.54, 1.807) is 0 Å². The van der Waals surface area contributed by atoms with Crippen molar-refractivity contribution >= 4 is 27.6 Å². The van der Waals surface area contributed by atoms with Crippen LogP contribution in [0.2, 0.25) is 0 Å².